The second kappa shape index (κ2) is 4.71. The third-order valence-electron chi connectivity index (χ3n) is 2.12. The highest BCUT2D eigenvalue weighted by atomic mass is 35.5. The Labute approximate surface area is 87.1 Å². The zero-order chi connectivity index (χ0) is 10.7. The monoisotopic (exact) mass is 219 g/mol. The van der Waals surface area contributed by atoms with Gasteiger partial charge < -0.3 is 5.32 Å². The smallest absolute Gasteiger partial charge is 0.257 e. The van der Waals surface area contributed by atoms with E-state index in [-0.39, 0.29) is 0 Å². The molecule has 0 aliphatic carbocycles. The molecule has 0 aliphatic rings. The molecule has 0 aliphatic heterocycles. The zero-order valence-electron chi connectivity index (χ0n) is 8.02. The molecule has 14 heavy (non-hydrogen) atoms. The van der Waals surface area contributed by atoms with Crippen LogP contribution in [0.5, 0.6) is 0 Å². The van der Waals surface area contributed by atoms with Crippen LogP contribution in [0.3, 0.4) is 0 Å². The quantitative estimate of drug-likeness (QED) is 0.824. The Kier molecular flexibility index (Phi) is 3.84. The lowest BCUT2D eigenvalue weighted by molar-refractivity contribution is 0.102. The average molecular weight is 220 g/mol. The molecule has 0 radical (unpaired) electrons. The minimum Gasteiger partial charge on any atom is -0.308 e. The first kappa shape index (κ1) is 11.4. The summed E-state index contributed by atoms with van der Waals surface area (Å²) in [6.45, 7) is 1.84. The molecule has 0 amide bonds. The summed E-state index contributed by atoms with van der Waals surface area (Å²) in [6, 6.07) is 4.02. The summed E-state index contributed by atoms with van der Waals surface area (Å²) in [6.07, 6.45) is -2.43. The normalized spacial score (nSPS) is 13.3. The van der Waals surface area contributed by atoms with Gasteiger partial charge in [0.2, 0.25) is 0 Å². The summed E-state index contributed by atoms with van der Waals surface area (Å²) in [5, 5.41) is 3.07. The fraction of sp³-hybridized carbons (Fsp3) is 0.400. The first-order chi connectivity index (χ1) is 6.56. The summed E-state index contributed by atoms with van der Waals surface area (Å²) in [7, 11) is 1.50. The van der Waals surface area contributed by atoms with Gasteiger partial charge in [0.1, 0.15) is 0 Å². The maximum atomic E-state index is 12.5. The van der Waals surface area contributed by atoms with E-state index in [9.17, 15) is 8.78 Å². The van der Waals surface area contributed by atoms with Gasteiger partial charge in [-0.15, -0.1) is 0 Å². The van der Waals surface area contributed by atoms with Crippen molar-refractivity contribution in [2.24, 2.45) is 0 Å². The second-order valence-corrected chi connectivity index (χ2v) is 3.52. The summed E-state index contributed by atoms with van der Waals surface area (Å²) in [5.41, 5.74) is 1.40. The Morgan fingerprint density at radius 3 is 2.43 bits per heavy atom. The third-order valence-corrected chi connectivity index (χ3v) is 2.53. The molecule has 78 valence electrons. The van der Waals surface area contributed by atoms with E-state index in [1.807, 2.05) is 6.92 Å². The molecule has 1 aromatic rings. The lowest BCUT2D eigenvalue weighted by Crippen LogP contribution is -2.23. The number of rotatable bonds is 3. The van der Waals surface area contributed by atoms with Gasteiger partial charge >= 0.3 is 0 Å². The van der Waals surface area contributed by atoms with Crippen molar-refractivity contribution in [1.29, 1.82) is 0 Å². The topological polar surface area (TPSA) is 12.0 Å². The molecule has 0 heterocycles. The van der Waals surface area contributed by atoms with E-state index in [1.54, 1.807) is 18.2 Å². The number of hydrogen-bond acceptors (Lipinski definition) is 1. The Balaban J connectivity index is 3.00. The minimum absolute atomic E-state index is 0.512. The Morgan fingerprint density at radius 2 is 2.00 bits per heavy atom. The maximum absolute atomic E-state index is 12.5. The van der Waals surface area contributed by atoms with Crippen molar-refractivity contribution in [2.75, 3.05) is 7.05 Å². The minimum atomic E-state index is -2.43. The number of alkyl halides is 2. The summed E-state index contributed by atoms with van der Waals surface area (Å²) < 4.78 is 25.0. The summed E-state index contributed by atoms with van der Waals surface area (Å²) in [5.74, 6) is 0. The lowest BCUT2D eigenvalue weighted by Gasteiger charge is -2.16. The molecular weight excluding hydrogens is 208 g/mol. The molecule has 0 fully saturated rings. The van der Waals surface area contributed by atoms with Gasteiger partial charge in [-0.05, 0) is 31.2 Å². The van der Waals surface area contributed by atoms with Crippen molar-refractivity contribution in [3.8, 4) is 0 Å². The van der Waals surface area contributed by atoms with Crippen LogP contribution < -0.4 is 5.32 Å². The third kappa shape index (κ3) is 2.42. The Bertz CT molecular complexity index is 315. The molecule has 1 nitrogen and oxygen atoms in total. The number of nitrogens with one attached hydrogen (secondary N) is 1. The van der Waals surface area contributed by atoms with Crippen LogP contribution in [0, 0.1) is 6.92 Å². The molecule has 0 aromatic heterocycles. The molecule has 0 saturated heterocycles. The predicted molar refractivity (Wildman–Crippen MR) is 54.0 cm³/mol. The Hall–Kier alpha value is -0.670. The Morgan fingerprint density at radius 1 is 1.36 bits per heavy atom. The van der Waals surface area contributed by atoms with Gasteiger partial charge in [0, 0.05) is 5.02 Å². The molecular formula is C10H12ClF2N. The van der Waals surface area contributed by atoms with Crippen LogP contribution in [-0.4, -0.2) is 13.5 Å². The van der Waals surface area contributed by atoms with E-state index >= 15 is 0 Å². The van der Waals surface area contributed by atoms with Gasteiger partial charge in [0.15, 0.2) is 0 Å². The molecule has 0 spiro atoms. The second-order valence-electron chi connectivity index (χ2n) is 3.11. The van der Waals surface area contributed by atoms with Crippen molar-refractivity contribution in [1.82, 2.24) is 5.32 Å². The molecule has 1 aromatic carbocycles. The lowest BCUT2D eigenvalue weighted by atomic mass is 10.1. The van der Waals surface area contributed by atoms with Crippen LogP contribution in [0.4, 0.5) is 8.78 Å². The molecule has 1 rings (SSSR count). The van der Waals surface area contributed by atoms with Crippen LogP contribution in [0.25, 0.3) is 0 Å². The van der Waals surface area contributed by atoms with Gasteiger partial charge in [-0.1, -0.05) is 23.7 Å². The highest BCUT2D eigenvalue weighted by Crippen LogP contribution is 2.24. The van der Waals surface area contributed by atoms with Crippen molar-refractivity contribution < 1.29 is 8.78 Å². The van der Waals surface area contributed by atoms with Crippen LogP contribution in [-0.2, 0) is 0 Å². The van der Waals surface area contributed by atoms with Crippen LogP contribution >= 0.6 is 11.6 Å². The van der Waals surface area contributed by atoms with E-state index in [1.165, 1.54) is 7.05 Å². The van der Waals surface area contributed by atoms with Gasteiger partial charge in [-0.25, -0.2) is 8.78 Å². The SMILES string of the molecule is CNC(c1ccc(C)c(Cl)c1)C(F)F. The van der Waals surface area contributed by atoms with Crippen molar-refractivity contribution in [2.45, 2.75) is 19.4 Å². The predicted octanol–water partition coefficient (Wildman–Crippen LogP) is 3.17. The summed E-state index contributed by atoms with van der Waals surface area (Å²) >= 11 is 5.85. The molecule has 0 bridgehead atoms. The first-order valence-corrected chi connectivity index (χ1v) is 4.65. The molecule has 1 N–H and O–H groups in total. The van der Waals surface area contributed by atoms with Crippen LogP contribution in [0.15, 0.2) is 18.2 Å². The van der Waals surface area contributed by atoms with E-state index in [0.29, 0.717) is 10.6 Å². The average Bonchev–Trinajstić information content (AvgIpc) is 2.11. The highest BCUT2D eigenvalue weighted by molar-refractivity contribution is 6.31. The van der Waals surface area contributed by atoms with E-state index in [0.717, 1.165) is 5.56 Å². The van der Waals surface area contributed by atoms with Crippen molar-refractivity contribution in [3.05, 3.63) is 34.3 Å². The largest absolute Gasteiger partial charge is 0.308 e. The van der Waals surface area contributed by atoms with Gasteiger partial charge in [-0.2, -0.15) is 0 Å². The van der Waals surface area contributed by atoms with E-state index < -0.39 is 12.5 Å². The first-order valence-electron chi connectivity index (χ1n) is 4.27. The van der Waals surface area contributed by atoms with Gasteiger partial charge in [0.05, 0.1) is 6.04 Å². The number of hydrogen-bond donors (Lipinski definition) is 1. The van der Waals surface area contributed by atoms with Gasteiger partial charge in [0.25, 0.3) is 6.43 Å². The molecule has 4 heteroatoms. The number of benzene rings is 1. The number of aryl methyl sites for hydroxylation is 1. The molecule has 1 unspecified atom stereocenters. The number of halogens is 3. The fourth-order valence-corrected chi connectivity index (χ4v) is 1.43. The summed E-state index contributed by atoms with van der Waals surface area (Å²) in [4.78, 5) is 0. The molecule has 0 saturated carbocycles. The van der Waals surface area contributed by atoms with Crippen molar-refractivity contribution in [3.63, 3.8) is 0 Å². The van der Waals surface area contributed by atoms with E-state index in [2.05, 4.69) is 5.32 Å². The van der Waals surface area contributed by atoms with Crippen molar-refractivity contribution >= 4 is 11.6 Å². The van der Waals surface area contributed by atoms with Crippen LogP contribution in [0.1, 0.15) is 17.2 Å². The highest BCUT2D eigenvalue weighted by Gasteiger charge is 2.20. The standard InChI is InChI=1S/C10H12ClF2N/c1-6-3-4-7(5-8(6)11)9(14-2)10(12)13/h3-5,9-10,14H,1-2H3. The van der Waals surface area contributed by atoms with E-state index in [4.69, 9.17) is 11.6 Å². The maximum Gasteiger partial charge on any atom is 0.257 e. The zero-order valence-corrected chi connectivity index (χ0v) is 8.78. The fourth-order valence-electron chi connectivity index (χ4n) is 1.24. The van der Waals surface area contributed by atoms with Crippen LogP contribution in [0.2, 0.25) is 5.02 Å². The molecule has 1 atom stereocenters. The van der Waals surface area contributed by atoms with Gasteiger partial charge in [-0.3, -0.25) is 0 Å².